The van der Waals surface area contributed by atoms with Crippen LogP contribution in [0.25, 0.3) is 0 Å². The lowest BCUT2D eigenvalue weighted by atomic mass is 10.0. The van der Waals surface area contributed by atoms with E-state index in [-0.39, 0.29) is 0 Å². The number of rotatable bonds is 7. The van der Waals surface area contributed by atoms with E-state index in [1.165, 1.54) is 36.5 Å². The summed E-state index contributed by atoms with van der Waals surface area (Å²) in [7, 11) is 2.28. The minimum absolute atomic E-state index is 0.463. The third kappa shape index (κ3) is 4.76. The van der Waals surface area contributed by atoms with Crippen LogP contribution in [0, 0.1) is 0 Å². The first kappa shape index (κ1) is 16.3. The summed E-state index contributed by atoms with van der Waals surface area (Å²) in [5, 5.41) is 3.62. The van der Waals surface area contributed by atoms with Crippen molar-refractivity contribution < 1.29 is 0 Å². The van der Waals surface area contributed by atoms with Crippen LogP contribution >= 0.6 is 27.7 Å². The zero-order valence-corrected chi connectivity index (χ0v) is 14.8. The highest BCUT2D eigenvalue weighted by molar-refractivity contribution is 9.10. The van der Waals surface area contributed by atoms with Gasteiger partial charge < -0.3 is 10.2 Å². The Bertz CT molecular complexity index is 390. The maximum absolute atomic E-state index is 3.62. The van der Waals surface area contributed by atoms with Gasteiger partial charge in [-0.15, -0.1) is 0 Å². The molecule has 20 heavy (non-hydrogen) atoms. The van der Waals surface area contributed by atoms with E-state index in [1.54, 1.807) is 0 Å². The molecule has 1 aromatic rings. The van der Waals surface area contributed by atoms with Crippen LogP contribution < -0.4 is 5.32 Å². The zero-order valence-electron chi connectivity index (χ0n) is 12.4. The van der Waals surface area contributed by atoms with Gasteiger partial charge >= 0.3 is 0 Å². The predicted octanol–water partition coefficient (Wildman–Crippen LogP) is 3.93. The van der Waals surface area contributed by atoms with E-state index in [9.17, 15) is 0 Å². The normalized spacial score (nSPS) is 20.5. The number of hydrogen-bond acceptors (Lipinski definition) is 3. The largest absolute Gasteiger partial charge is 0.310 e. The smallest absolute Gasteiger partial charge is 0.0332 e. The van der Waals surface area contributed by atoms with Crippen molar-refractivity contribution >= 4 is 27.7 Å². The molecule has 0 spiro atoms. The highest BCUT2D eigenvalue weighted by atomic mass is 79.9. The summed E-state index contributed by atoms with van der Waals surface area (Å²) < 4.78 is 1.15. The van der Waals surface area contributed by atoms with E-state index in [0.717, 1.165) is 17.1 Å². The first-order valence-corrected chi connectivity index (χ1v) is 9.42. The van der Waals surface area contributed by atoms with Crippen molar-refractivity contribution in [2.45, 2.75) is 31.8 Å². The lowest BCUT2D eigenvalue weighted by Gasteiger charge is -2.26. The number of halogens is 1. The first-order valence-electron chi connectivity index (χ1n) is 7.47. The van der Waals surface area contributed by atoms with E-state index >= 15 is 0 Å². The van der Waals surface area contributed by atoms with Crippen LogP contribution in [0.2, 0.25) is 0 Å². The maximum Gasteiger partial charge on any atom is 0.0332 e. The molecule has 4 heteroatoms. The molecule has 0 saturated carbocycles. The SMILES string of the molecule is CCNC(CCN(C)C1CCSC1)c1ccc(Br)cc1. The second-order valence-electron chi connectivity index (χ2n) is 5.45. The van der Waals surface area contributed by atoms with Crippen LogP contribution in [0.5, 0.6) is 0 Å². The average molecular weight is 357 g/mol. The van der Waals surface area contributed by atoms with Crippen LogP contribution in [0.15, 0.2) is 28.7 Å². The molecule has 2 rings (SSSR count). The summed E-state index contributed by atoms with van der Waals surface area (Å²) in [6.07, 6.45) is 2.53. The molecule has 0 radical (unpaired) electrons. The Labute approximate surface area is 135 Å². The fraction of sp³-hybridized carbons (Fsp3) is 0.625. The molecule has 0 aliphatic carbocycles. The molecule has 1 fully saturated rings. The Kier molecular flexibility index (Phi) is 6.88. The molecule has 0 aromatic heterocycles. The van der Waals surface area contributed by atoms with Gasteiger partial charge in [-0.3, -0.25) is 0 Å². The molecular weight excluding hydrogens is 332 g/mol. The van der Waals surface area contributed by atoms with Crippen molar-refractivity contribution in [3.8, 4) is 0 Å². The second kappa shape index (κ2) is 8.42. The number of nitrogens with one attached hydrogen (secondary N) is 1. The number of benzene rings is 1. The molecule has 1 aromatic carbocycles. The van der Waals surface area contributed by atoms with E-state index in [4.69, 9.17) is 0 Å². The lowest BCUT2D eigenvalue weighted by molar-refractivity contribution is 0.247. The summed E-state index contributed by atoms with van der Waals surface area (Å²) in [5.41, 5.74) is 1.39. The Morgan fingerprint density at radius 2 is 2.15 bits per heavy atom. The predicted molar refractivity (Wildman–Crippen MR) is 93.5 cm³/mol. The Morgan fingerprint density at radius 1 is 1.40 bits per heavy atom. The highest BCUT2D eigenvalue weighted by Gasteiger charge is 2.20. The van der Waals surface area contributed by atoms with Gasteiger partial charge in [0.25, 0.3) is 0 Å². The van der Waals surface area contributed by atoms with Gasteiger partial charge in [-0.25, -0.2) is 0 Å². The average Bonchev–Trinajstić information content (AvgIpc) is 2.98. The highest BCUT2D eigenvalue weighted by Crippen LogP contribution is 2.24. The molecule has 2 nitrogen and oxygen atoms in total. The van der Waals surface area contributed by atoms with E-state index in [2.05, 4.69) is 76.1 Å². The third-order valence-electron chi connectivity index (χ3n) is 4.02. The quantitative estimate of drug-likeness (QED) is 0.796. The molecule has 1 heterocycles. The zero-order chi connectivity index (χ0) is 14.4. The molecule has 2 unspecified atom stereocenters. The van der Waals surface area contributed by atoms with Gasteiger partial charge in [0.2, 0.25) is 0 Å². The summed E-state index contributed by atoms with van der Waals surface area (Å²) in [6.45, 7) is 4.37. The van der Waals surface area contributed by atoms with E-state index in [0.29, 0.717) is 6.04 Å². The standard InChI is InChI=1S/C16H25BrN2S/c1-3-18-16(13-4-6-14(17)7-5-13)8-10-19(2)15-9-11-20-12-15/h4-7,15-16,18H,3,8-12H2,1-2H3. The minimum Gasteiger partial charge on any atom is -0.310 e. The molecule has 1 aliphatic rings. The van der Waals surface area contributed by atoms with E-state index in [1.807, 2.05) is 0 Å². The van der Waals surface area contributed by atoms with E-state index < -0.39 is 0 Å². The molecular formula is C16H25BrN2S. The van der Waals surface area contributed by atoms with Crippen molar-refractivity contribution in [2.24, 2.45) is 0 Å². The Morgan fingerprint density at radius 3 is 2.75 bits per heavy atom. The first-order chi connectivity index (χ1) is 9.70. The van der Waals surface area contributed by atoms with Gasteiger partial charge in [-0.05, 0) is 56.4 Å². The molecule has 0 amide bonds. The van der Waals surface area contributed by atoms with Crippen LogP contribution in [-0.2, 0) is 0 Å². The fourth-order valence-electron chi connectivity index (χ4n) is 2.71. The maximum atomic E-state index is 3.62. The van der Waals surface area contributed by atoms with Crippen LogP contribution in [0.1, 0.15) is 31.4 Å². The second-order valence-corrected chi connectivity index (χ2v) is 7.51. The van der Waals surface area contributed by atoms with Crippen molar-refractivity contribution in [2.75, 3.05) is 31.6 Å². The van der Waals surface area contributed by atoms with Gasteiger partial charge in [0.05, 0.1) is 0 Å². The topological polar surface area (TPSA) is 15.3 Å². The van der Waals surface area contributed by atoms with Crippen molar-refractivity contribution in [3.63, 3.8) is 0 Å². The number of hydrogen-bond donors (Lipinski definition) is 1. The van der Waals surface area contributed by atoms with Crippen LogP contribution in [0.3, 0.4) is 0 Å². The molecule has 1 saturated heterocycles. The molecule has 112 valence electrons. The molecule has 1 aliphatic heterocycles. The molecule has 0 bridgehead atoms. The van der Waals surface area contributed by atoms with Crippen molar-refractivity contribution in [3.05, 3.63) is 34.3 Å². The van der Waals surface area contributed by atoms with Gasteiger partial charge in [-0.2, -0.15) is 11.8 Å². The van der Waals surface area contributed by atoms with Gasteiger partial charge in [0, 0.05) is 22.3 Å². The van der Waals surface area contributed by atoms with Crippen molar-refractivity contribution in [1.29, 1.82) is 0 Å². The van der Waals surface area contributed by atoms with Gasteiger partial charge in [-0.1, -0.05) is 35.0 Å². The van der Waals surface area contributed by atoms with Crippen LogP contribution in [-0.4, -0.2) is 42.6 Å². The Hall–Kier alpha value is -0.0300. The third-order valence-corrected chi connectivity index (χ3v) is 5.70. The molecule has 2 atom stereocenters. The summed E-state index contributed by atoms with van der Waals surface area (Å²) in [6, 6.07) is 9.97. The molecule has 1 N–H and O–H groups in total. The number of nitrogens with zero attached hydrogens (tertiary/aromatic N) is 1. The summed E-state index contributed by atoms with van der Waals surface area (Å²) >= 11 is 5.60. The summed E-state index contributed by atoms with van der Waals surface area (Å²) in [4.78, 5) is 2.54. The fourth-order valence-corrected chi connectivity index (χ4v) is 4.28. The Balaban J connectivity index is 1.89. The van der Waals surface area contributed by atoms with Gasteiger partial charge in [0.1, 0.15) is 0 Å². The van der Waals surface area contributed by atoms with Crippen LogP contribution in [0.4, 0.5) is 0 Å². The minimum atomic E-state index is 0.463. The van der Waals surface area contributed by atoms with Gasteiger partial charge in [0.15, 0.2) is 0 Å². The summed E-state index contributed by atoms with van der Waals surface area (Å²) in [5.74, 6) is 2.64. The number of thioether (sulfide) groups is 1. The van der Waals surface area contributed by atoms with Crippen molar-refractivity contribution in [1.82, 2.24) is 10.2 Å². The lowest BCUT2D eigenvalue weighted by Crippen LogP contribution is -2.34. The monoisotopic (exact) mass is 356 g/mol.